The molecule has 2 aromatic rings. The van der Waals surface area contributed by atoms with Crippen LogP contribution in [0.2, 0.25) is 0 Å². The summed E-state index contributed by atoms with van der Waals surface area (Å²) in [5.74, 6) is 0. The molecule has 0 aromatic heterocycles. The van der Waals surface area contributed by atoms with Crippen LogP contribution in [-0.4, -0.2) is 19.1 Å². The number of anilines is 2. The Morgan fingerprint density at radius 3 is 2.09 bits per heavy atom. The molecule has 0 bridgehead atoms. The normalized spacial score (nSPS) is 15.1. The Labute approximate surface area is 222 Å². The molecule has 1 heterocycles. The molecular weight excluding hydrogens is 443 g/mol. The van der Waals surface area contributed by atoms with Gasteiger partial charge in [0.1, 0.15) is 10.1 Å². The second-order valence-corrected chi connectivity index (χ2v) is 10.3. The van der Waals surface area contributed by atoms with Gasteiger partial charge in [0, 0.05) is 6.54 Å². The molecule has 1 N–H and O–H groups in total. The summed E-state index contributed by atoms with van der Waals surface area (Å²) in [7, 11) is -4.46. The first kappa shape index (κ1) is 28.2. The topological polar surface area (TPSA) is 72.5 Å². The number of benzene rings is 2. The van der Waals surface area contributed by atoms with Crippen molar-refractivity contribution in [2.45, 2.75) is 95.2 Å². The summed E-state index contributed by atoms with van der Waals surface area (Å²) in [6.07, 6.45) is 14.1. The van der Waals surface area contributed by atoms with E-state index in [1.54, 1.807) is 6.07 Å². The first-order valence-corrected chi connectivity index (χ1v) is 13.6. The third kappa shape index (κ3) is 8.91. The molecule has 0 fully saturated rings. The Kier molecular flexibility index (Phi) is 12.3. The van der Waals surface area contributed by atoms with Gasteiger partial charge in [0.25, 0.3) is 0 Å². The SMILES string of the molecule is CCCCCCCCCCCCC1Nc2cc(S(=O)(=O)[O-])ccc2N1Cc1ccccc1.[Na+]. The van der Waals surface area contributed by atoms with Crippen LogP contribution < -0.4 is 39.8 Å². The maximum absolute atomic E-state index is 11.5. The van der Waals surface area contributed by atoms with Crippen LogP contribution in [0, 0.1) is 0 Å². The van der Waals surface area contributed by atoms with Crippen LogP contribution in [0.5, 0.6) is 0 Å². The number of unbranched alkanes of at least 4 members (excludes halogenated alkanes) is 9. The van der Waals surface area contributed by atoms with Gasteiger partial charge in [-0.05, 0) is 36.6 Å². The average Bonchev–Trinajstić information content (AvgIpc) is 3.11. The predicted molar refractivity (Wildman–Crippen MR) is 131 cm³/mol. The summed E-state index contributed by atoms with van der Waals surface area (Å²) in [4.78, 5) is 2.11. The maximum atomic E-state index is 11.5. The van der Waals surface area contributed by atoms with Gasteiger partial charge in [0.2, 0.25) is 0 Å². The molecule has 0 saturated heterocycles. The van der Waals surface area contributed by atoms with E-state index in [1.807, 2.05) is 18.2 Å². The number of rotatable bonds is 14. The fourth-order valence-corrected chi connectivity index (χ4v) is 4.99. The van der Waals surface area contributed by atoms with Crippen molar-refractivity contribution in [2.75, 3.05) is 10.2 Å². The van der Waals surface area contributed by atoms with Gasteiger partial charge in [-0.2, -0.15) is 0 Å². The Hall–Kier alpha value is -1.05. The van der Waals surface area contributed by atoms with E-state index in [0.717, 1.165) is 30.8 Å². The van der Waals surface area contributed by atoms with Crippen molar-refractivity contribution in [3.8, 4) is 0 Å². The van der Waals surface area contributed by atoms with Crippen LogP contribution in [0.4, 0.5) is 11.4 Å². The van der Waals surface area contributed by atoms with Crippen molar-refractivity contribution in [3.05, 3.63) is 54.1 Å². The molecule has 0 saturated carbocycles. The summed E-state index contributed by atoms with van der Waals surface area (Å²) in [6, 6.07) is 14.9. The Morgan fingerprint density at radius 1 is 0.879 bits per heavy atom. The van der Waals surface area contributed by atoms with E-state index in [-0.39, 0.29) is 40.6 Å². The van der Waals surface area contributed by atoms with Gasteiger partial charge >= 0.3 is 29.6 Å². The Bertz CT molecular complexity index is 938. The van der Waals surface area contributed by atoms with Crippen molar-refractivity contribution >= 4 is 21.5 Å². The molecule has 176 valence electrons. The van der Waals surface area contributed by atoms with Crippen molar-refractivity contribution in [2.24, 2.45) is 0 Å². The molecule has 33 heavy (non-hydrogen) atoms. The zero-order chi connectivity index (χ0) is 22.8. The van der Waals surface area contributed by atoms with E-state index in [4.69, 9.17) is 0 Å². The minimum Gasteiger partial charge on any atom is -0.744 e. The molecule has 7 heteroatoms. The van der Waals surface area contributed by atoms with E-state index < -0.39 is 10.1 Å². The van der Waals surface area contributed by atoms with Gasteiger partial charge in [-0.1, -0.05) is 95.0 Å². The van der Waals surface area contributed by atoms with E-state index in [2.05, 4.69) is 29.3 Å². The molecular formula is C26H37N2NaO3S. The number of fused-ring (bicyclic) bond motifs is 1. The maximum Gasteiger partial charge on any atom is 1.00 e. The van der Waals surface area contributed by atoms with Gasteiger partial charge in [-0.15, -0.1) is 0 Å². The molecule has 1 aliphatic rings. The van der Waals surface area contributed by atoms with Crippen LogP contribution in [0.3, 0.4) is 0 Å². The Balaban J connectivity index is 0.00000385. The van der Waals surface area contributed by atoms with E-state index in [0.29, 0.717) is 0 Å². The molecule has 1 unspecified atom stereocenters. The van der Waals surface area contributed by atoms with E-state index in [1.165, 1.54) is 75.5 Å². The molecule has 0 aliphatic carbocycles. The molecule has 2 aromatic carbocycles. The molecule has 0 spiro atoms. The average molecular weight is 481 g/mol. The summed E-state index contributed by atoms with van der Waals surface area (Å²) in [5, 5.41) is 3.47. The molecule has 1 atom stereocenters. The number of nitrogens with zero attached hydrogens (tertiary/aromatic N) is 1. The van der Waals surface area contributed by atoms with Crippen LogP contribution in [0.25, 0.3) is 0 Å². The van der Waals surface area contributed by atoms with Crippen molar-refractivity contribution in [1.29, 1.82) is 0 Å². The standard InChI is InChI=1S/C26H38N2O3S.Na/c1-2-3-4-5-6-7-8-9-10-14-17-26-27-24-20-23(32(29,30)31)18-19-25(24)28(26)21-22-15-12-11-13-16-22;/h11-13,15-16,18-20,26-27H,2-10,14,17,21H2,1H3,(H,29,30,31);/q;+1/p-1. The molecule has 3 rings (SSSR count). The molecule has 0 amide bonds. The fourth-order valence-electron chi connectivity index (χ4n) is 4.49. The van der Waals surface area contributed by atoms with Gasteiger partial charge in [-0.3, -0.25) is 0 Å². The molecule has 1 aliphatic heterocycles. The quantitative estimate of drug-likeness (QED) is 0.254. The zero-order valence-corrected chi connectivity index (χ0v) is 23.1. The van der Waals surface area contributed by atoms with Crippen molar-refractivity contribution in [3.63, 3.8) is 0 Å². The number of hydrogen-bond donors (Lipinski definition) is 1. The third-order valence-corrected chi connectivity index (χ3v) is 7.12. The second-order valence-electron chi connectivity index (χ2n) is 8.88. The molecule has 5 nitrogen and oxygen atoms in total. The Morgan fingerprint density at radius 2 is 1.48 bits per heavy atom. The third-order valence-electron chi connectivity index (χ3n) is 6.29. The number of hydrogen-bond acceptors (Lipinski definition) is 5. The summed E-state index contributed by atoms with van der Waals surface area (Å²) < 4.78 is 34.4. The summed E-state index contributed by atoms with van der Waals surface area (Å²) in [5.41, 5.74) is 2.89. The van der Waals surface area contributed by atoms with Gasteiger partial charge in [0.05, 0.1) is 22.4 Å². The first-order valence-electron chi connectivity index (χ1n) is 12.2. The fraction of sp³-hybridized carbons (Fsp3) is 0.538. The summed E-state index contributed by atoms with van der Waals surface area (Å²) in [6.45, 7) is 3.00. The summed E-state index contributed by atoms with van der Waals surface area (Å²) >= 11 is 0. The predicted octanol–water partition coefficient (Wildman–Crippen LogP) is 3.66. The molecule has 0 radical (unpaired) electrons. The van der Waals surface area contributed by atoms with Crippen LogP contribution in [0.15, 0.2) is 53.4 Å². The van der Waals surface area contributed by atoms with E-state index >= 15 is 0 Å². The second kappa shape index (κ2) is 14.4. The minimum absolute atomic E-state index is 0. The van der Waals surface area contributed by atoms with Crippen LogP contribution in [-0.2, 0) is 16.7 Å². The largest absolute Gasteiger partial charge is 1.00 e. The monoisotopic (exact) mass is 480 g/mol. The first-order chi connectivity index (χ1) is 15.5. The number of nitrogens with one attached hydrogen (secondary N) is 1. The van der Waals surface area contributed by atoms with E-state index in [9.17, 15) is 13.0 Å². The van der Waals surface area contributed by atoms with Gasteiger partial charge in [-0.25, -0.2) is 8.42 Å². The smallest absolute Gasteiger partial charge is 0.744 e. The van der Waals surface area contributed by atoms with Crippen LogP contribution in [0.1, 0.15) is 83.1 Å². The van der Waals surface area contributed by atoms with Crippen LogP contribution >= 0.6 is 0 Å². The van der Waals surface area contributed by atoms with Gasteiger partial charge < -0.3 is 14.8 Å². The zero-order valence-electron chi connectivity index (χ0n) is 20.3. The van der Waals surface area contributed by atoms with Crippen molar-refractivity contribution in [1.82, 2.24) is 0 Å². The van der Waals surface area contributed by atoms with Gasteiger partial charge in [0.15, 0.2) is 0 Å². The minimum atomic E-state index is -4.46. The van der Waals surface area contributed by atoms with Crippen molar-refractivity contribution < 1.29 is 42.5 Å².